The van der Waals surface area contributed by atoms with Crippen molar-refractivity contribution < 1.29 is 4.52 Å². The van der Waals surface area contributed by atoms with E-state index in [9.17, 15) is 0 Å². The molecule has 0 radical (unpaired) electrons. The molecule has 0 saturated heterocycles. The van der Waals surface area contributed by atoms with Gasteiger partial charge in [-0.15, -0.1) is 0 Å². The average Bonchev–Trinajstić information content (AvgIpc) is 2.99. The molecule has 0 spiro atoms. The number of hydrogen-bond acceptors (Lipinski definition) is 6. The van der Waals surface area contributed by atoms with Crippen molar-refractivity contribution in [2.45, 2.75) is 19.8 Å². The first-order valence-corrected chi connectivity index (χ1v) is 6.70. The SMILES string of the molecule is CC(C)c1noc(-c2cccc(Nc3ncccn3)c2)n1. The predicted octanol–water partition coefficient (Wildman–Crippen LogP) is 3.39. The second kappa shape index (κ2) is 5.70. The highest BCUT2D eigenvalue weighted by molar-refractivity contribution is 5.64. The van der Waals surface area contributed by atoms with Gasteiger partial charge in [0.05, 0.1) is 0 Å². The first-order chi connectivity index (χ1) is 10.2. The molecule has 0 saturated carbocycles. The van der Waals surface area contributed by atoms with E-state index < -0.39 is 0 Å². The van der Waals surface area contributed by atoms with Crippen LogP contribution in [0.15, 0.2) is 47.2 Å². The molecule has 2 heterocycles. The van der Waals surface area contributed by atoms with Gasteiger partial charge in [0.25, 0.3) is 5.89 Å². The molecule has 3 rings (SSSR count). The number of rotatable bonds is 4. The van der Waals surface area contributed by atoms with Crippen molar-refractivity contribution in [2.24, 2.45) is 0 Å². The lowest BCUT2D eigenvalue weighted by molar-refractivity contribution is 0.419. The van der Waals surface area contributed by atoms with Crippen LogP contribution >= 0.6 is 0 Å². The smallest absolute Gasteiger partial charge is 0.258 e. The predicted molar refractivity (Wildman–Crippen MR) is 79.1 cm³/mol. The van der Waals surface area contributed by atoms with Crippen LogP contribution in [0.25, 0.3) is 11.5 Å². The summed E-state index contributed by atoms with van der Waals surface area (Å²) in [5.74, 6) is 2.00. The molecule has 2 aromatic heterocycles. The van der Waals surface area contributed by atoms with Gasteiger partial charge < -0.3 is 9.84 Å². The number of hydrogen-bond donors (Lipinski definition) is 1. The largest absolute Gasteiger partial charge is 0.334 e. The fraction of sp³-hybridized carbons (Fsp3) is 0.200. The van der Waals surface area contributed by atoms with Gasteiger partial charge in [0.15, 0.2) is 5.82 Å². The summed E-state index contributed by atoms with van der Waals surface area (Å²) >= 11 is 0. The molecule has 0 aliphatic heterocycles. The van der Waals surface area contributed by atoms with Crippen molar-refractivity contribution in [3.63, 3.8) is 0 Å². The Kier molecular flexibility index (Phi) is 3.59. The number of nitrogens with zero attached hydrogens (tertiary/aromatic N) is 4. The third kappa shape index (κ3) is 3.05. The summed E-state index contributed by atoms with van der Waals surface area (Å²) in [5, 5.41) is 7.11. The van der Waals surface area contributed by atoms with Gasteiger partial charge >= 0.3 is 0 Å². The summed E-state index contributed by atoms with van der Waals surface area (Å²) in [6.07, 6.45) is 3.37. The molecular formula is C15H15N5O. The zero-order valence-electron chi connectivity index (χ0n) is 11.8. The third-order valence-corrected chi connectivity index (χ3v) is 2.89. The zero-order valence-corrected chi connectivity index (χ0v) is 11.8. The van der Waals surface area contributed by atoms with E-state index >= 15 is 0 Å². The van der Waals surface area contributed by atoms with Crippen LogP contribution in [0.1, 0.15) is 25.6 Å². The van der Waals surface area contributed by atoms with Crippen LogP contribution in [0.3, 0.4) is 0 Å². The monoisotopic (exact) mass is 281 g/mol. The first kappa shape index (κ1) is 13.2. The summed E-state index contributed by atoms with van der Waals surface area (Å²) in [6.45, 7) is 4.05. The molecule has 1 N–H and O–H groups in total. The second-order valence-electron chi connectivity index (χ2n) is 4.89. The maximum atomic E-state index is 5.30. The minimum atomic E-state index is 0.238. The fourth-order valence-corrected chi connectivity index (χ4v) is 1.81. The number of anilines is 2. The van der Waals surface area contributed by atoms with E-state index in [4.69, 9.17) is 4.52 Å². The van der Waals surface area contributed by atoms with Crippen molar-refractivity contribution in [1.29, 1.82) is 0 Å². The van der Waals surface area contributed by atoms with E-state index in [1.807, 2.05) is 38.1 Å². The second-order valence-corrected chi connectivity index (χ2v) is 4.89. The molecule has 3 aromatic rings. The maximum Gasteiger partial charge on any atom is 0.258 e. The van der Waals surface area contributed by atoms with Crippen LogP contribution < -0.4 is 5.32 Å². The Morgan fingerprint density at radius 3 is 2.62 bits per heavy atom. The van der Waals surface area contributed by atoms with Gasteiger partial charge in [-0.3, -0.25) is 0 Å². The molecule has 6 heteroatoms. The lowest BCUT2D eigenvalue weighted by atomic mass is 10.2. The van der Waals surface area contributed by atoms with E-state index in [1.165, 1.54) is 0 Å². The van der Waals surface area contributed by atoms with E-state index in [-0.39, 0.29) is 5.92 Å². The molecule has 1 aromatic carbocycles. The topological polar surface area (TPSA) is 76.7 Å². The molecule has 21 heavy (non-hydrogen) atoms. The van der Waals surface area contributed by atoms with Gasteiger partial charge in [-0.2, -0.15) is 4.98 Å². The minimum Gasteiger partial charge on any atom is -0.334 e. The van der Waals surface area contributed by atoms with Gasteiger partial charge in [0, 0.05) is 29.6 Å². The molecule has 0 atom stereocenters. The molecular weight excluding hydrogens is 266 g/mol. The standard InChI is InChI=1S/C15H15N5O/c1-10(2)13-19-14(21-20-13)11-5-3-6-12(9-11)18-15-16-7-4-8-17-15/h3-10H,1-2H3,(H,16,17,18). The summed E-state index contributed by atoms with van der Waals surface area (Å²) in [5.41, 5.74) is 1.72. The Hall–Kier alpha value is -2.76. The van der Waals surface area contributed by atoms with Gasteiger partial charge in [-0.25, -0.2) is 9.97 Å². The highest BCUT2D eigenvalue weighted by Gasteiger charge is 2.11. The molecule has 0 aliphatic rings. The third-order valence-electron chi connectivity index (χ3n) is 2.89. The van der Waals surface area contributed by atoms with E-state index in [2.05, 4.69) is 25.4 Å². The fourth-order valence-electron chi connectivity index (χ4n) is 1.81. The molecule has 0 amide bonds. The van der Waals surface area contributed by atoms with Crippen molar-refractivity contribution in [3.8, 4) is 11.5 Å². The molecule has 6 nitrogen and oxygen atoms in total. The van der Waals surface area contributed by atoms with E-state index in [0.717, 1.165) is 11.3 Å². The number of benzene rings is 1. The molecule has 0 bridgehead atoms. The lowest BCUT2D eigenvalue weighted by Gasteiger charge is -2.04. The van der Waals surface area contributed by atoms with E-state index in [1.54, 1.807) is 18.5 Å². The van der Waals surface area contributed by atoms with Crippen LogP contribution in [0, 0.1) is 0 Å². The number of nitrogens with one attached hydrogen (secondary N) is 1. The highest BCUT2D eigenvalue weighted by Crippen LogP contribution is 2.23. The quantitative estimate of drug-likeness (QED) is 0.789. The Bertz CT molecular complexity index is 724. The minimum absolute atomic E-state index is 0.238. The van der Waals surface area contributed by atoms with Gasteiger partial charge in [0.1, 0.15) is 0 Å². The van der Waals surface area contributed by atoms with Crippen molar-refractivity contribution >= 4 is 11.6 Å². The van der Waals surface area contributed by atoms with Crippen molar-refractivity contribution in [1.82, 2.24) is 20.1 Å². The maximum absolute atomic E-state index is 5.30. The van der Waals surface area contributed by atoms with Crippen LogP contribution in [0.2, 0.25) is 0 Å². The van der Waals surface area contributed by atoms with Crippen molar-refractivity contribution in [2.75, 3.05) is 5.32 Å². The Morgan fingerprint density at radius 1 is 1.10 bits per heavy atom. The van der Waals surface area contributed by atoms with Crippen molar-refractivity contribution in [3.05, 3.63) is 48.5 Å². The van der Waals surface area contributed by atoms with Gasteiger partial charge in [-0.05, 0) is 24.3 Å². The summed E-state index contributed by atoms with van der Waals surface area (Å²) in [4.78, 5) is 12.7. The van der Waals surface area contributed by atoms with Crippen LogP contribution in [0.4, 0.5) is 11.6 Å². The Balaban J connectivity index is 1.85. The molecule has 106 valence electrons. The average molecular weight is 281 g/mol. The van der Waals surface area contributed by atoms with Crippen LogP contribution in [-0.2, 0) is 0 Å². The first-order valence-electron chi connectivity index (χ1n) is 6.70. The summed E-state index contributed by atoms with van der Waals surface area (Å²) < 4.78 is 5.30. The lowest BCUT2D eigenvalue weighted by Crippen LogP contribution is -1.95. The Morgan fingerprint density at radius 2 is 1.90 bits per heavy atom. The molecule has 0 fully saturated rings. The molecule has 0 aliphatic carbocycles. The summed E-state index contributed by atoms with van der Waals surface area (Å²) in [7, 11) is 0. The van der Waals surface area contributed by atoms with E-state index in [0.29, 0.717) is 17.7 Å². The zero-order chi connectivity index (χ0) is 14.7. The normalized spacial score (nSPS) is 10.8. The van der Waals surface area contributed by atoms with Gasteiger partial charge in [-0.1, -0.05) is 25.1 Å². The van der Waals surface area contributed by atoms with Gasteiger partial charge in [0.2, 0.25) is 5.95 Å². The highest BCUT2D eigenvalue weighted by atomic mass is 16.5. The number of aromatic nitrogens is 4. The molecule has 0 unspecified atom stereocenters. The Labute approximate surface area is 122 Å². The summed E-state index contributed by atoms with van der Waals surface area (Å²) in [6, 6.07) is 9.47. The van der Waals surface area contributed by atoms with Crippen LogP contribution in [0.5, 0.6) is 0 Å². The van der Waals surface area contributed by atoms with Crippen LogP contribution in [-0.4, -0.2) is 20.1 Å².